The van der Waals surface area contributed by atoms with E-state index in [1.54, 1.807) is 0 Å². The third-order valence-corrected chi connectivity index (χ3v) is 7.27. The Kier molecular flexibility index (Phi) is 8.40. The molecule has 0 unspecified atom stereocenters. The minimum atomic E-state index is -0.883. The van der Waals surface area contributed by atoms with Crippen molar-refractivity contribution in [2.24, 2.45) is 4.99 Å². The van der Waals surface area contributed by atoms with Gasteiger partial charge in [0.25, 0.3) is 0 Å². The molecule has 0 saturated heterocycles. The first kappa shape index (κ1) is 20.6. The van der Waals surface area contributed by atoms with E-state index < -0.39 is 19.8 Å². The number of aryl methyl sites for hydroxylation is 2. The van der Waals surface area contributed by atoms with Crippen molar-refractivity contribution in [3.63, 3.8) is 0 Å². The maximum atomic E-state index is 4.24. The summed E-state index contributed by atoms with van der Waals surface area (Å²) >= 11 is -0.883. The number of aliphatic imine (C=N–C) groups is 1. The molecule has 0 aliphatic carbocycles. The van der Waals surface area contributed by atoms with Crippen LogP contribution in [-0.4, -0.2) is 22.6 Å². The average Bonchev–Trinajstić information content (AvgIpc) is 2.57. The van der Waals surface area contributed by atoms with Crippen molar-refractivity contribution in [2.75, 3.05) is 16.9 Å². The van der Waals surface area contributed by atoms with Gasteiger partial charge < -0.3 is 0 Å². The summed E-state index contributed by atoms with van der Waals surface area (Å²) in [7, 11) is 1.86. The molecule has 130 valence electrons. The van der Waals surface area contributed by atoms with Crippen molar-refractivity contribution in [3.05, 3.63) is 74.9 Å². The third-order valence-electron chi connectivity index (χ3n) is 4.01. The van der Waals surface area contributed by atoms with Crippen LogP contribution in [0.25, 0.3) is 5.57 Å². The van der Waals surface area contributed by atoms with Gasteiger partial charge in [-0.15, -0.1) is 0 Å². The zero-order chi connectivity index (χ0) is 18.3. The second kappa shape index (κ2) is 9.77. The summed E-state index contributed by atoms with van der Waals surface area (Å²) < 4.78 is 1.54. The van der Waals surface area contributed by atoms with Crippen molar-refractivity contribution >= 4 is 31.1 Å². The monoisotopic (exact) mass is 435 g/mol. The van der Waals surface area contributed by atoms with Gasteiger partial charge >= 0.3 is 87.8 Å². The minimum absolute atomic E-state index is 0.883. The molecule has 0 radical (unpaired) electrons. The van der Waals surface area contributed by atoms with Gasteiger partial charge in [-0.3, -0.25) is 0 Å². The quantitative estimate of drug-likeness (QED) is 0.301. The molecule has 0 aliphatic rings. The second-order valence-electron chi connectivity index (χ2n) is 6.12. The molecule has 2 aromatic carbocycles. The van der Waals surface area contributed by atoms with Gasteiger partial charge in [-0.2, -0.15) is 0 Å². The van der Waals surface area contributed by atoms with Crippen LogP contribution in [0.3, 0.4) is 0 Å². The molecule has 0 N–H and O–H groups in total. The number of halogens is 1. The van der Waals surface area contributed by atoms with E-state index in [1.807, 2.05) is 14.0 Å². The van der Waals surface area contributed by atoms with Crippen LogP contribution in [0.2, 0.25) is 0 Å². The Labute approximate surface area is 155 Å². The van der Waals surface area contributed by atoms with Crippen molar-refractivity contribution in [1.29, 1.82) is 0 Å². The first-order valence-corrected chi connectivity index (χ1v) is 13.4. The molecule has 0 spiro atoms. The van der Waals surface area contributed by atoms with Crippen LogP contribution in [0.5, 0.6) is 0 Å². The van der Waals surface area contributed by atoms with E-state index in [1.165, 1.54) is 25.8 Å². The second-order valence-corrected chi connectivity index (χ2v) is 11.6. The third kappa shape index (κ3) is 5.90. The van der Waals surface area contributed by atoms with E-state index in [0.29, 0.717) is 0 Å². The van der Waals surface area contributed by atoms with E-state index in [0.717, 1.165) is 11.3 Å². The van der Waals surface area contributed by atoms with Gasteiger partial charge in [0.05, 0.1) is 0 Å². The fourth-order valence-electron chi connectivity index (χ4n) is 2.21. The number of benzene rings is 2. The number of hydrogen-bond donors (Lipinski definition) is 0. The maximum absolute atomic E-state index is 4.24. The predicted octanol–water partition coefficient (Wildman–Crippen LogP) is 6.40. The Balaban J connectivity index is 0.000000243. The number of nitrogens with zero attached hydrogens (tertiary/aromatic N) is 1. The normalized spacial score (nSPS) is 11.5. The van der Waals surface area contributed by atoms with Crippen molar-refractivity contribution < 1.29 is 0 Å². The van der Waals surface area contributed by atoms with Gasteiger partial charge in [0.1, 0.15) is 0 Å². The fraction of sp³-hybridized carbons (Fsp3) is 0.318. The molecule has 24 heavy (non-hydrogen) atoms. The average molecular weight is 435 g/mol. The van der Waals surface area contributed by atoms with Crippen LogP contribution in [0.15, 0.2) is 54.0 Å². The summed E-state index contributed by atoms with van der Waals surface area (Å²) in [4.78, 5) is 8.98. The summed E-state index contributed by atoms with van der Waals surface area (Å²) in [5.41, 5.74) is 7.56. The standard InChI is InChI=1S/C11H16IN.C11H14/c1-9(13-4)10-7-5-6-8-11(10)12(2)3;1-8(2)11-6-5-9(3)10(4)7-11/h5-8H,1-4H3;5-7H,1H2,2-4H3. The Morgan fingerprint density at radius 3 is 2.08 bits per heavy atom. The molecular weight excluding hydrogens is 405 g/mol. The molecule has 0 amide bonds. The first-order valence-electron chi connectivity index (χ1n) is 8.03. The molecule has 0 aliphatic heterocycles. The molecule has 2 heteroatoms. The van der Waals surface area contributed by atoms with Crippen LogP contribution in [-0.2, 0) is 0 Å². The van der Waals surface area contributed by atoms with E-state index in [9.17, 15) is 0 Å². The van der Waals surface area contributed by atoms with E-state index in [2.05, 4.69) is 84.7 Å². The van der Waals surface area contributed by atoms with Crippen LogP contribution < -0.4 is 0 Å². The molecule has 0 heterocycles. The van der Waals surface area contributed by atoms with Crippen molar-refractivity contribution in [3.8, 4) is 0 Å². The summed E-state index contributed by atoms with van der Waals surface area (Å²) in [6.45, 7) is 12.3. The summed E-state index contributed by atoms with van der Waals surface area (Å²) in [6, 6.07) is 15.1. The molecule has 0 atom stereocenters. The molecular formula is C22H30IN. The summed E-state index contributed by atoms with van der Waals surface area (Å²) in [6.07, 6.45) is 0. The van der Waals surface area contributed by atoms with Gasteiger partial charge in [-0.05, 0) is 37.5 Å². The van der Waals surface area contributed by atoms with Gasteiger partial charge in [0, 0.05) is 0 Å². The molecule has 2 rings (SSSR count). The molecule has 0 fully saturated rings. The van der Waals surface area contributed by atoms with Crippen LogP contribution in [0.4, 0.5) is 0 Å². The van der Waals surface area contributed by atoms with Crippen molar-refractivity contribution in [2.45, 2.75) is 27.7 Å². The zero-order valence-corrected chi connectivity index (χ0v) is 18.2. The number of rotatable bonds is 3. The van der Waals surface area contributed by atoms with Gasteiger partial charge in [0.2, 0.25) is 0 Å². The van der Waals surface area contributed by atoms with Crippen LogP contribution in [0.1, 0.15) is 36.1 Å². The van der Waals surface area contributed by atoms with Gasteiger partial charge in [0.15, 0.2) is 0 Å². The summed E-state index contributed by atoms with van der Waals surface area (Å²) in [5.74, 6) is 0. The SMILES string of the molecule is C=C(C)c1ccc(C)c(C)c1.CN=C(C)c1ccccc1I(C)C. The number of alkyl halides is 2. The van der Waals surface area contributed by atoms with Crippen LogP contribution in [0, 0.1) is 17.4 Å². The first-order chi connectivity index (χ1) is 11.3. The van der Waals surface area contributed by atoms with Gasteiger partial charge in [-0.1, -0.05) is 30.4 Å². The van der Waals surface area contributed by atoms with Crippen LogP contribution >= 0.6 is 19.8 Å². The Hall–Kier alpha value is -1.42. The topological polar surface area (TPSA) is 12.4 Å². The number of hydrogen-bond acceptors (Lipinski definition) is 1. The fourth-order valence-corrected chi connectivity index (χ4v) is 4.87. The van der Waals surface area contributed by atoms with E-state index in [4.69, 9.17) is 0 Å². The molecule has 1 nitrogen and oxygen atoms in total. The Bertz CT molecular complexity index is 726. The Morgan fingerprint density at radius 2 is 1.58 bits per heavy atom. The molecule has 0 saturated carbocycles. The number of allylic oxidation sites excluding steroid dienone is 1. The van der Waals surface area contributed by atoms with Gasteiger partial charge in [-0.25, -0.2) is 0 Å². The molecule has 2 aromatic rings. The van der Waals surface area contributed by atoms with E-state index >= 15 is 0 Å². The predicted molar refractivity (Wildman–Crippen MR) is 120 cm³/mol. The van der Waals surface area contributed by atoms with Crippen molar-refractivity contribution in [1.82, 2.24) is 0 Å². The molecule has 0 bridgehead atoms. The zero-order valence-electron chi connectivity index (χ0n) is 16.1. The summed E-state index contributed by atoms with van der Waals surface area (Å²) in [5, 5.41) is 0. The molecule has 0 aromatic heterocycles. The Morgan fingerprint density at radius 1 is 0.958 bits per heavy atom. The van der Waals surface area contributed by atoms with E-state index in [-0.39, 0.29) is 0 Å².